The molecule has 0 aromatic carbocycles. The Kier molecular flexibility index (Phi) is 2.52. The van der Waals surface area contributed by atoms with E-state index in [1.54, 1.807) is 0 Å². The molecule has 94 valence electrons. The van der Waals surface area contributed by atoms with Crippen LogP contribution < -0.4 is 11.5 Å². The molecular formula is C13H15N3OS. The van der Waals surface area contributed by atoms with Gasteiger partial charge in [-0.05, 0) is 36.8 Å². The Morgan fingerprint density at radius 1 is 1.56 bits per heavy atom. The number of hydrogen-bond donors (Lipinski definition) is 2. The van der Waals surface area contributed by atoms with Gasteiger partial charge in [0.1, 0.15) is 9.71 Å². The Bertz CT molecular complexity index is 647. The normalized spacial score (nSPS) is 18.8. The smallest absolute Gasteiger partial charge is 0.260 e. The highest BCUT2D eigenvalue weighted by molar-refractivity contribution is 7.21. The number of thiophene rings is 1. The number of fused-ring (bicyclic) bond motifs is 2. The number of nitrogens with zero attached hydrogens (tertiary/aromatic N) is 1. The Balaban J connectivity index is 2.22. The summed E-state index contributed by atoms with van der Waals surface area (Å²) in [5.41, 5.74) is 14.2. The molecule has 0 fully saturated rings. The largest absolute Gasteiger partial charge is 0.397 e. The van der Waals surface area contributed by atoms with Crippen molar-refractivity contribution in [1.29, 1.82) is 0 Å². The number of carbonyl (C=O) groups excluding carboxylic acids is 1. The van der Waals surface area contributed by atoms with E-state index in [0.717, 1.165) is 28.8 Å². The summed E-state index contributed by atoms with van der Waals surface area (Å²) in [6.07, 6.45) is 3.23. The quantitative estimate of drug-likeness (QED) is 0.824. The molecule has 2 aromatic heterocycles. The van der Waals surface area contributed by atoms with Crippen LogP contribution in [0.5, 0.6) is 0 Å². The summed E-state index contributed by atoms with van der Waals surface area (Å²) in [6, 6.07) is 2.09. The van der Waals surface area contributed by atoms with Crippen LogP contribution in [0.25, 0.3) is 10.2 Å². The van der Waals surface area contributed by atoms with Gasteiger partial charge in [0, 0.05) is 11.1 Å². The highest BCUT2D eigenvalue weighted by Gasteiger charge is 2.21. The van der Waals surface area contributed by atoms with Gasteiger partial charge < -0.3 is 11.5 Å². The van der Waals surface area contributed by atoms with Crippen LogP contribution in [0.15, 0.2) is 6.07 Å². The van der Waals surface area contributed by atoms with E-state index in [2.05, 4.69) is 18.0 Å². The molecule has 2 heterocycles. The predicted molar refractivity (Wildman–Crippen MR) is 73.7 cm³/mol. The van der Waals surface area contributed by atoms with Crippen LogP contribution in [-0.4, -0.2) is 10.9 Å². The molecule has 5 heteroatoms. The van der Waals surface area contributed by atoms with Crippen molar-refractivity contribution in [3.8, 4) is 0 Å². The van der Waals surface area contributed by atoms with Gasteiger partial charge in [-0.25, -0.2) is 4.98 Å². The molecule has 1 amide bonds. The topological polar surface area (TPSA) is 82.0 Å². The van der Waals surface area contributed by atoms with E-state index in [9.17, 15) is 4.79 Å². The lowest BCUT2D eigenvalue weighted by Crippen LogP contribution is -2.12. The third-order valence-corrected chi connectivity index (χ3v) is 4.69. The van der Waals surface area contributed by atoms with Gasteiger partial charge in [0.15, 0.2) is 0 Å². The zero-order valence-corrected chi connectivity index (χ0v) is 11.0. The molecular weight excluding hydrogens is 246 g/mol. The second-order valence-electron chi connectivity index (χ2n) is 5.00. The van der Waals surface area contributed by atoms with Gasteiger partial charge in [-0.1, -0.05) is 6.92 Å². The van der Waals surface area contributed by atoms with E-state index >= 15 is 0 Å². The minimum absolute atomic E-state index is 0.424. The fourth-order valence-corrected chi connectivity index (χ4v) is 3.50. The van der Waals surface area contributed by atoms with Crippen molar-refractivity contribution in [2.45, 2.75) is 26.2 Å². The number of hydrogen-bond acceptors (Lipinski definition) is 4. The molecule has 1 unspecified atom stereocenters. The van der Waals surface area contributed by atoms with Crippen molar-refractivity contribution in [3.05, 3.63) is 22.2 Å². The van der Waals surface area contributed by atoms with Crippen molar-refractivity contribution in [2.75, 3.05) is 5.73 Å². The maximum absolute atomic E-state index is 11.3. The first-order valence-electron chi connectivity index (χ1n) is 6.07. The number of primary amides is 1. The van der Waals surface area contributed by atoms with E-state index in [4.69, 9.17) is 11.5 Å². The zero-order chi connectivity index (χ0) is 12.9. The van der Waals surface area contributed by atoms with Crippen LogP contribution in [0.4, 0.5) is 5.69 Å². The number of aryl methyl sites for hydroxylation is 1. The first-order chi connectivity index (χ1) is 8.56. The van der Waals surface area contributed by atoms with Gasteiger partial charge in [-0.3, -0.25) is 4.79 Å². The highest BCUT2D eigenvalue weighted by atomic mass is 32.1. The summed E-state index contributed by atoms with van der Waals surface area (Å²) < 4.78 is 0. The molecule has 0 radical (unpaired) electrons. The molecule has 18 heavy (non-hydrogen) atoms. The fraction of sp³-hybridized carbons (Fsp3) is 0.385. The van der Waals surface area contributed by atoms with Gasteiger partial charge in [0.25, 0.3) is 5.91 Å². The van der Waals surface area contributed by atoms with Crippen LogP contribution >= 0.6 is 11.3 Å². The zero-order valence-electron chi connectivity index (χ0n) is 10.2. The Morgan fingerprint density at radius 3 is 3.06 bits per heavy atom. The van der Waals surface area contributed by atoms with Crippen molar-refractivity contribution in [1.82, 2.24) is 4.98 Å². The molecule has 2 aromatic rings. The van der Waals surface area contributed by atoms with E-state index in [-0.39, 0.29) is 0 Å². The van der Waals surface area contributed by atoms with Crippen molar-refractivity contribution >= 4 is 33.1 Å². The standard InChI is InChI=1S/C13H15N3OS/c1-6-2-3-9-7(4-6)5-8-10(14)11(12(15)17)18-13(8)16-9/h5-6H,2-4,14H2,1H3,(H2,15,17). The summed E-state index contributed by atoms with van der Waals surface area (Å²) in [5, 5.41) is 0.877. The average molecular weight is 261 g/mol. The molecule has 1 atom stereocenters. The summed E-state index contributed by atoms with van der Waals surface area (Å²) in [7, 11) is 0. The number of amides is 1. The number of nitrogens with two attached hydrogens (primary N) is 2. The van der Waals surface area contributed by atoms with E-state index in [1.165, 1.54) is 23.3 Å². The molecule has 0 saturated heterocycles. The SMILES string of the molecule is CC1CCc2nc3sc(C(N)=O)c(N)c3cc2C1. The third-order valence-electron chi connectivity index (χ3n) is 3.56. The van der Waals surface area contributed by atoms with Gasteiger partial charge in [-0.2, -0.15) is 0 Å². The lowest BCUT2D eigenvalue weighted by atomic mass is 9.87. The fourth-order valence-electron chi connectivity index (χ4n) is 2.56. The summed E-state index contributed by atoms with van der Waals surface area (Å²) in [5.74, 6) is 0.217. The number of anilines is 1. The van der Waals surface area contributed by atoms with Gasteiger partial charge in [0.2, 0.25) is 0 Å². The van der Waals surface area contributed by atoms with Crippen LogP contribution in [-0.2, 0) is 12.8 Å². The maximum Gasteiger partial charge on any atom is 0.260 e. The summed E-state index contributed by atoms with van der Waals surface area (Å²) in [6.45, 7) is 2.25. The minimum atomic E-state index is -0.471. The van der Waals surface area contributed by atoms with Crippen LogP contribution in [0, 0.1) is 5.92 Å². The molecule has 0 bridgehead atoms. The Hall–Kier alpha value is -1.62. The number of pyridine rings is 1. The molecule has 4 nitrogen and oxygen atoms in total. The molecule has 3 rings (SSSR count). The van der Waals surface area contributed by atoms with Gasteiger partial charge in [0.05, 0.1) is 5.69 Å². The molecule has 0 aliphatic heterocycles. The van der Waals surface area contributed by atoms with E-state index < -0.39 is 5.91 Å². The van der Waals surface area contributed by atoms with Crippen molar-refractivity contribution in [3.63, 3.8) is 0 Å². The summed E-state index contributed by atoms with van der Waals surface area (Å²) >= 11 is 1.29. The first kappa shape index (κ1) is 11.5. The third kappa shape index (κ3) is 1.66. The van der Waals surface area contributed by atoms with Crippen LogP contribution in [0.2, 0.25) is 0 Å². The number of nitrogen functional groups attached to an aromatic ring is 1. The second-order valence-corrected chi connectivity index (χ2v) is 6.00. The number of carbonyl (C=O) groups is 1. The Labute approximate surface area is 109 Å². The molecule has 0 spiro atoms. The molecule has 4 N–H and O–H groups in total. The number of rotatable bonds is 1. The molecule has 1 aliphatic rings. The lowest BCUT2D eigenvalue weighted by Gasteiger charge is -2.20. The second kappa shape index (κ2) is 3.95. The van der Waals surface area contributed by atoms with Crippen LogP contribution in [0.1, 0.15) is 34.3 Å². The van der Waals surface area contributed by atoms with Gasteiger partial charge >= 0.3 is 0 Å². The van der Waals surface area contributed by atoms with Crippen LogP contribution in [0.3, 0.4) is 0 Å². The lowest BCUT2D eigenvalue weighted by molar-refractivity contribution is 0.100. The molecule has 1 aliphatic carbocycles. The van der Waals surface area contributed by atoms with E-state index in [1.807, 2.05) is 0 Å². The highest BCUT2D eigenvalue weighted by Crippen LogP contribution is 2.35. The predicted octanol–water partition coefficient (Wildman–Crippen LogP) is 2.10. The minimum Gasteiger partial charge on any atom is -0.397 e. The Morgan fingerprint density at radius 2 is 2.33 bits per heavy atom. The monoisotopic (exact) mass is 261 g/mol. The number of aromatic nitrogens is 1. The van der Waals surface area contributed by atoms with Crippen molar-refractivity contribution < 1.29 is 4.79 Å². The first-order valence-corrected chi connectivity index (χ1v) is 6.88. The van der Waals surface area contributed by atoms with Crippen molar-refractivity contribution in [2.24, 2.45) is 11.7 Å². The molecule has 0 saturated carbocycles. The summed E-state index contributed by atoms with van der Waals surface area (Å²) in [4.78, 5) is 17.2. The average Bonchev–Trinajstić information content (AvgIpc) is 2.64. The van der Waals surface area contributed by atoms with Gasteiger partial charge in [-0.15, -0.1) is 11.3 Å². The maximum atomic E-state index is 11.3. The van der Waals surface area contributed by atoms with E-state index in [0.29, 0.717) is 16.5 Å².